The largest absolute Gasteiger partial charge is 0.0831 e. The van der Waals surface area contributed by atoms with E-state index in [1.54, 1.807) is 0 Å². The third-order valence-electron chi connectivity index (χ3n) is 3.52. The lowest BCUT2D eigenvalue weighted by Crippen LogP contribution is -1.97. The second-order valence-electron chi connectivity index (χ2n) is 4.77. The van der Waals surface area contributed by atoms with Crippen LogP contribution in [0.4, 0.5) is 0 Å². The third kappa shape index (κ3) is 3.47. The first-order valence-corrected chi connectivity index (χ1v) is 8.86. The van der Waals surface area contributed by atoms with Crippen molar-refractivity contribution in [3.8, 4) is 0 Å². The van der Waals surface area contributed by atoms with Crippen molar-refractivity contribution in [2.24, 2.45) is 0 Å². The van der Waals surface area contributed by atoms with Gasteiger partial charge in [0.2, 0.25) is 0 Å². The number of benzene rings is 2. The lowest BCUT2D eigenvalue weighted by atomic mass is 9.96. The van der Waals surface area contributed by atoms with E-state index >= 15 is 0 Å². The van der Waals surface area contributed by atoms with Crippen LogP contribution in [-0.2, 0) is 12.8 Å². The Balaban J connectivity index is 2.37. The Labute approximate surface area is 142 Å². The van der Waals surface area contributed by atoms with Gasteiger partial charge in [-0.3, -0.25) is 0 Å². The van der Waals surface area contributed by atoms with Gasteiger partial charge in [-0.05, 0) is 63.2 Å². The van der Waals surface area contributed by atoms with Crippen molar-refractivity contribution in [1.82, 2.24) is 0 Å². The molecule has 0 spiro atoms. The predicted octanol–water partition coefficient (Wildman–Crippen LogP) is 6.71. The number of alkyl halides is 1. The third-order valence-corrected chi connectivity index (χ3v) is 5.81. The minimum absolute atomic E-state index is 0.171. The average molecular weight is 417 g/mol. The van der Waals surface area contributed by atoms with Gasteiger partial charge in [0.1, 0.15) is 0 Å². The van der Waals surface area contributed by atoms with Crippen molar-refractivity contribution in [2.45, 2.75) is 31.5 Å². The summed E-state index contributed by atoms with van der Waals surface area (Å²) in [6.45, 7) is 4.41. The molecule has 0 radical (unpaired) electrons. The fourth-order valence-corrected chi connectivity index (χ4v) is 3.35. The summed E-state index contributed by atoms with van der Waals surface area (Å²) in [5.41, 5.74) is 5.31. The molecule has 2 aromatic rings. The SMILES string of the molecule is CCc1ccc(C(Br)c2ccc(Br)c(Cl)c2)cc1CC. The number of halogens is 3. The Morgan fingerprint density at radius 1 is 0.950 bits per heavy atom. The standard InChI is InChI=1S/C17H17Br2Cl/c1-3-11-5-6-13(9-12(11)4-2)17(19)14-7-8-15(18)16(20)10-14/h5-10,17H,3-4H2,1-2H3. The molecule has 0 aliphatic heterocycles. The van der Waals surface area contributed by atoms with Gasteiger partial charge in [0.05, 0.1) is 9.85 Å². The van der Waals surface area contributed by atoms with Gasteiger partial charge in [0, 0.05) is 4.47 Å². The normalized spacial score (nSPS) is 12.4. The Morgan fingerprint density at radius 2 is 1.55 bits per heavy atom. The molecule has 3 heteroatoms. The van der Waals surface area contributed by atoms with Crippen molar-refractivity contribution in [1.29, 1.82) is 0 Å². The fraction of sp³-hybridized carbons (Fsp3) is 0.294. The van der Waals surface area contributed by atoms with Crippen LogP contribution in [0.25, 0.3) is 0 Å². The van der Waals surface area contributed by atoms with E-state index in [4.69, 9.17) is 11.6 Å². The molecule has 2 rings (SSSR count). The first-order chi connectivity index (χ1) is 9.56. The minimum Gasteiger partial charge on any atom is -0.0831 e. The average Bonchev–Trinajstić information content (AvgIpc) is 2.48. The molecule has 0 amide bonds. The van der Waals surface area contributed by atoms with Crippen LogP contribution in [0.3, 0.4) is 0 Å². The molecule has 0 N–H and O–H groups in total. The highest BCUT2D eigenvalue weighted by atomic mass is 79.9. The van der Waals surface area contributed by atoms with E-state index in [0.29, 0.717) is 0 Å². The number of hydrogen-bond acceptors (Lipinski definition) is 0. The molecule has 0 bridgehead atoms. The maximum absolute atomic E-state index is 6.18. The van der Waals surface area contributed by atoms with Crippen LogP contribution in [0, 0.1) is 0 Å². The predicted molar refractivity (Wildman–Crippen MR) is 95.1 cm³/mol. The molecule has 20 heavy (non-hydrogen) atoms. The molecule has 106 valence electrons. The van der Waals surface area contributed by atoms with E-state index in [-0.39, 0.29) is 4.83 Å². The van der Waals surface area contributed by atoms with Gasteiger partial charge in [-0.1, -0.05) is 65.6 Å². The lowest BCUT2D eigenvalue weighted by Gasteiger charge is -2.15. The van der Waals surface area contributed by atoms with Crippen LogP contribution < -0.4 is 0 Å². The summed E-state index contributed by atoms with van der Waals surface area (Å²) < 4.78 is 0.929. The topological polar surface area (TPSA) is 0 Å². The zero-order valence-corrected chi connectivity index (χ0v) is 15.5. The summed E-state index contributed by atoms with van der Waals surface area (Å²) in [5, 5.41) is 0.743. The maximum Gasteiger partial charge on any atom is 0.0645 e. The van der Waals surface area contributed by atoms with Gasteiger partial charge in [-0.2, -0.15) is 0 Å². The van der Waals surface area contributed by atoms with E-state index in [9.17, 15) is 0 Å². The molecule has 1 unspecified atom stereocenters. The van der Waals surface area contributed by atoms with Crippen LogP contribution in [-0.4, -0.2) is 0 Å². The Hall–Kier alpha value is -0.310. The molecular weight excluding hydrogens is 399 g/mol. The molecule has 0 nitrogen and oxygen atoms in total. The molecule has 0 aliphatic carbocycles. The van der Waals surface area contributed by atoms with Gasteiger partial charge in [0.15, 0.2) is 0 Å². The van der Waals surface area contributed by atoms with Gasteiger partial charge in [-0.25, -0.2) is 0 Å². The molecule has 0 saturated carbocycles. The summed E-state index contributed by atoms with van der Waals surface area (Å²) in [5.74, 6) is 0. The molecule has 1 atom stereocenters. The van der Waals surface area contributed by atoms with Gasteiger partial charge in [-0.15, -0.1) is 0 Å². The molecule has 0 aliphatic rings. The van der Waals surface area contributed by atoms with Crippen molar-refractivity contribution in [3.63, 3.8) is 0 Å². The fourth-order valence-electron chi connectivity index (χ4n) is 2.34. The Kier molecular flexibility index (Phi) is 5.71. The van der Waals surface area contributed by atoms with Crippen molar-refractivity contribution in [2.75, 3.05) is 0 Å². The number of hydrogen-bond donors (Lipinski definition) is 0. The molecule has 0 aromatic heterocycles. The van der Waals surface area contributed by atoms with E-state index in [1.807, 2.05) is 12.1 Å². The highest BCUT2D eigenvalue weighted by molar-refractivity contribution is 9.10. The van der Waals surface area contributed by atoms with Gasteiger partial charge >= 0.3 is 0 Å². The highest BCUT2D eigenvalue weighted by Gasteiger charge is 2.13. The second-order valence-corrected chi connectivity index (χ2v) is 6.95. The monoisotopic (exact) mass is 414 g/mol. The second kappa shape index (κ2) is 7.11. The number of rotatable bonds is 4. The van der Waals surface area contributed by atoms with Crippen LogP contribution in [0.15, 0.2) is 40.9 Å². The van der Waals surface area contributed by atoms with E-state index in [2.05, 4.69) is 70.0 Å². The zero-order chi connectivity index (χ0) is 14.7. The highest BCUT2D eigenvalue weighted by Crippen LogP contribution is 2.35. The first kappa shape index (κ1) is 16.1. The minimum atomic E-state index is 0.171. The summed E-state index contributed by atoms with van der Waals surface area (Å²) in [6.07, 6.45) is 2.15. The maximum atomic E-state index is 6.18. The Morgan fingerprint density at radius 3 is 2.15 bits per heavy atom. The first-order valence-electron chi connectivity index (χ1n) is 6.77. The lowest BCUT2D eigenvalue weighted by molar-refractivity contribution is 1.02. The Bertz CT molecular complexity index is 608. The van der Waals surface area contributed by atoms with Crippen LogP contribution >= 0.6 is 43.5 Å². The summed E-state index contributed by atoms with van der Waals surface area (Å²) in [6, 6.07) is 12.8. The van der Waals surface area contributed by atoms with Gasteiger partial charge < -0.3 is 0 Å². The summed E-state index contributed by atoms with van der Waals surface area (Å²) in [4.78, 5) is 0.171. The summed E-state index contributed by atoms with van der Waals surface area (Å²) >= 11 is 13.4. The van der Waals surface area contributed by atoms with Crippen LogP contribution in [0.5, 0.6) is 0 Å². The van der Waals surface area contributed by atoms with E-state index in [0.717, 1.165) is 22.3 Å². The molecule has 0 fully saturated rings. The quantitative estimate of drug-likeness (QED) is 0.486. The van der Waals surface area contributed by atoms with E-state index in [1.165, 1.54) is 22.3 Å². The molecule has 0 heterocycles. The summed E-state index contributed by atoms with van der Waals surface area (Å²) in [7, 11) is 0. The molecular formula is C17H17Br2Cl. The zero-order valence-electron chi connectivity index (χ0n) is 11.6. The van der Waals surface area contributed by atoms with Crippen LogP contribution in [0.2, 0.25) is 5.02 Å². The molecule has 2 aromatic carbocycles. The van der Waals surface area contributed by atoms with E-state index < -0.39 is 0 Å². The number of aryl methyl sites for hydroxylation is 2. The molecule has 0 saturated heterocycles. The van der Waals surface area contributed by atoms with Crippen molar-refractivity contribution < 1.29 is 0 Å². The smallest absolute Gasteiger partial charge is 0.0645 e. The van der Waals surface area contributed by atoms with Crippen LogP contribution in [0.1, 0.15) is 40.9 Å². The van der Waals surface area contributed by atoms with Crippen molar-refractivity contribution in [3.05, 3.63) is 68.1 Å². The van der Waals surface area contributed by atoms with Gasteiger partial charge in [0.25, 0.3) is 0 Å². The van der Waals surface area contributed by atoms with Crippen molar-refractivity contribution >= 4 is 43.5 Å².